The quantitative estimate of drug-likeness (QED) is 0.674. The van der Waals surface area contributed by atoms with Gasteiger partial charge < -0.3 is 10.1 Å². The minimum absolute atomic E-state index is 0.130. The largest absolute Gasteiger partial charge is 0.469 e. The van der Waals surface area contributed by atoms with Crippen molar-refractivity contribution >= 4 is 5.97 Å². The van der Waals surface area contributed by atoms with Crippen LogP contribution in [0.2, 0.25) is 0 Å². The third kappa shape index (κ3) is 3.35. The first kappa shape index (κ1) is 10.5. The van der Waals surface area contributed by atoms with E-state index in [9.17, 15) is 4.79 Å². The third-order valence-corrected chi connectivity index (χ3v) is 2.82. The van der Waals surface area contributed by atoms with Crippen LogP contribution in [-0.4, -0.2) is 25.2 Å². The lowest BCUT2D eigenvalue weighted by Gasteiger charge is -2.24. The fourth-order valence-corrected chi connectivity index (χ4v) is 1.90. The lowest BCUT2D eigenvalue weighted by Crippen LogP contribution is -2.40. The van der Waals surface area contributed by atoms with Gasteiger partial charge in [0.15, 0.2) is 0 Å². The molecular weight excluding hydrogens is 166 g/mol. The van der Waals surface area contributed by atoms with E-state index in [1.807, 2.05) is 0 Å². The monoisotopic (exact) mass is 185 g/mol. The molecule has 1 rings (SSSR count). The van der Waals surface area contributed by atoms with Crippen LogP contribution in [-0.2, 0) is 9.53 Å². The summed E-state index contributed by atoms with van der Waals surface area (Å²) in [5.41, 5.74) is 0.272. The number of carbonyl (C=O) groups is 1. The molecule has 0 aliphatic heterocycles. The number of methoxy groups -OCH3 is 1. The normalized spacial score (nSPS) is 20.2. The second-order valence-electron chi connectivity index (χ2n) is 4.02. The first-order valence-electron chi connectivity index (χ1n) is 4.98. The third-order valence-electron chi connectivity index (χ3n) is 2.82. The minimum Gasteiger partial charge on any atom is -0.469 e. The molecule has 1 N–H and O–H groups in total. The smallest absolute Gasteiger partial charge is 0.306 e. The van der Waals surface area contributed by atoms with Gasteiger partial charge in [-0.2, -0.15) is 0 Å². The molecule has 0 bridgehead atoms. The highest BCUT2D eigenvalue weighted by molar-refractivity contribution is 5.69. The maximum Gasteiger partial charge on any atom is 0.306 e. The summed E-state index contributed by atoms with van der Waals surface area (Å²) in [6.07, 6.45) is 5.55. The molecule has 76 valence electrons. The predicted molar refractivity (Wildman–Crippen MR) is 51.5 cm³/mol. The van der Waals surface area contributed by atoms with E-state index < -0.39 is 0 Å². The fraction of sp³-hybridized carbons (Fsp3) is 0.900. The van der Waals surface area contributed by atoms with Gasteiger partial charge in [-0.05, 0) is 19.8 Å². The van der Waals surface area contributed by atoms with E-state index in [-0.39, 0.29) is 11.5 Å². The second-order valence-corrected chi connectivity index (χ2v) is 4.02. The number of hydrogen-bond donors (Lipinski definition) is 1. The van der Waals surface area contributed by atoms with Crippen LogP contribution in [0.3, 0.4) is 0 Å². The Kier molecular flexibility index (Phi) is 3.72. The van der Waals surface area contributed by atoms with Crippen molar-refractivity contribution in [1.29, 1.82) is 0 Å². The van der Waals surface area contributed by atoms with Crippen LogP contribution >= 0.6 is 0 Å². The number of ether oxygens (including phenoxy) is 1. The Balaban J connectivity index is 2.14. The van der Waals surface area contributed by atoms with Gasteiger partial charge >= 0.3 is 5.97 Å². The van der Waals surface area contributed by atoms with Gasteiger partial charge in [-0.1, -0.05) is 12.8 Å². The summed E-state index contributed by atoms with van der Waals surface area (Å²) in [6.45, 7) is 2.97. The Bertz CT molecular complexity index is 174. The van der Waals surface area contributed by atoms with Gasteiger partial charge in [-0.3, -0.25) is 4.79 Å². The maximum absolute atomic E-state index is 10.8. The molecule has 3 heteroatoms. The molecule has 1 fully saturated rings. The van der Waals surface area contributed by atoms with Gasteiger partial charge in [-0.15, -0.1) is 0 Å². The number of carbonyl (C=O) groups excluding carboxylic acids is 1. The van der Waals surface area contributed by atoms with Crippen LogP contribution in [0.4, 0.5) is 0 Å². The summed E-state index contributed by atoms with van der Waals surface area (Å²) in [4.78, 5) is 10.8. The van der Waals surface area contributed by atoms with Crippen LogP contribution in [0.25, 0.3) is 0 Å². The highest BCUT2D eigenvalue weighted by Gasteiger charge is 2.27. The van der Waals surface area contributed by atoms with Crippen molar-refractivity contribution in [1.82, 2.24) is 5.32 Å². The second kappa shape index (κ2) is 4.61. The lowest BCUT2D eigenvalue weighted by molar-refractivity contribution is -0.140. The zero-order chi connectivity index (χ0) is 9.73. The zero-order valence-electron chi connectivity index (χ0n) is 8.56. The molecule has 13 heavy (non-hydrogen) atoms. The van der Waals surface area contributed by atoms with Gasteiger partial charge in [0.1, 0.15) is 0 Å². The Morgan fingerprint density at radius 3 is 2.62 bits per heavy atom. The molecule has 3 nitrogen and oxygen atoms in total. The first-order chi connectivity index (χ1) is 6.16. The van der Waals surface area contributed by atoms with E-state index >= 15 is 0 Å². The predicted octanol–water partition coefficient (Wildman–Crippen LogP) is 1.47. The molecule has 1 aliphatic carbocycles. The number of hydrogen-bond acceptors (Lipinski definition) is 3. The zero-order valence-corrected chi connectivity index (χ0v) is 8.56. The van der Waals surface area contributed by atoms with Crippen LogP contribution < -0.4 is 5.32 Å². The van der Waals surface area contributed by atoms with E-state index in [0.29, 0.717) is 6.42 Å². The minimum atomic E-state index is -0.130. The number of nitrogens with one attached hydrogen (secondary N) is 1. The summed E-state index contributed by atoms with van der Waals surface area (Å²) in [7, 11) is 1.43. The SMILES string of the molecule is COC(=O)CCNC1(C)CCCC1. The van der Waals surface area contributed by atoms with Gasteiger partial charge in [0.05, 0.1) is 13.5 Å². The number of rotatable bonds is 4. The Morgan fingerprint density at radius 2 is 2.08 bits per heavy atom. The molecule has 0 heterocycles. The highest BCUT2D eigenvalue weighted by atomic mass is 16.5. The topological polar surface area (TPSA) is 38.3 Å². The first-order valence-corrected chi connectivity index (χ1v) is 4.98. The summed E-state index contributed by atoms with van der Waals surface area (Å²) in [5.74, 6) is -0.130. The molecule has 0 aromatic heterocycles. The molecule has 0 unspecified atom stereocenters. The summed E-state index contributed by atoms with van der Waals surface area (Å²) >= 11 is 0. The van der Waals surface area contributed by atoms with E-state index in [1.165, 1.54) is 32.8 Å². The summed E-state index contributed by atoms with van der Waals surface area (Å²) in [6, 6.07) is 0. The van der Waals surface area contributed by atoms with Gasteiger partial charge in [0, 0.05) is 12.1 Å². The van der Waals surface area contributed by atoms with Crippen molar-refractivity contribution in [2.75, 3.05) is 13.7 Å². The standard InChI is InChI=1S/C10H19NO2/c1-10(6-3-4-7-10)11-8-5-9(12)13-2/h11H,3-8H2,1-2H3. The molecule has 0 aromatic rings. The lowest BCUT2D eigenvalue weighted by atomic mass is 10.0. The average Bonchev–Trinajstić information content (AvgIpc) is 2.52. The van der Waals surface area contributed by atoms with Crippen molar-refractivity contribution < 1.29 is 9.53 Å². The summed E-state index contributed by atoms with van der Waals surface area (Å²) in [5, 5.41) is 3.42. The number of esters is 1. The molecule has 0 amide bonds. The van der Waals surface area contributed by atoms with Gasteiger partial charge in [0.25, 0.3) is 0 Å². The van der Waals surface area contributed by atoms with Crippen molar-refractivity contribution in [3.8, 4) is 0 Å². The Hall–Kier alpha value is -0.570. The van der Waals surface area contributed by atoms with E-state index in [4.69, 9.17) is 0 Å². The molecule has 1 aliphatic rings. The van der Waals surface area contributed by atoms with Crippen molar-refractivity contribution in [3.63, 3.8) is 0 Å². The van der Waals surface area contributed by atoms with Crippen molar-refractivity contribution in [2.24, 2.45) is 0 Å². The van der Waals surface area contributed by atoms with Crippen LogP contribution in [0, 0.1) is 0 Å². The molecule has 1 saturated carbocycles. The molecule has 0 radical (unpaired) electrons. The Labute approximate surface area is 79.8 Å². The van der Waals surface area contributed by atoms with E-state index in [0.717, 1.165) is 6.54 Å². The summed E-state index contributed by atoms with van der Waals surface area (Å²) < 4.78 is 4.57. The van der Waals surface area contributed by atoms with Crippen LogP contribution in [0.15, 0.2) is 0 Å². The Morgan fingerprint density at radius 1 is 1.46 bits per heavy atom. The molecule has 0 spiro atoms. The van der Waals surface area contributed by atoms with Gasteiger partial charge in [0.2, 0.25) is 0 Å². The van der Waals surface area contributed by atoms with Crippen LogP contribution in [0.5, 0.6) is 0 Å². The van der Waals surface area contributed by atoms with Gasteiger partial charge in [-0.25, -0.2) is 0 Å². The molecular formula is C10H19NO2. The van der Waals surface area contributed by atoms with Crippen molar-refractivity contribution in [3.05, 3.63) is 0 Å². The van der Waals surface area contributed by atoms with Crippen LogP contribution in [0.1, 0.15) is 39.0 Å². The molecule has 0 atom stereocenters. The maximum atomic E-state index is 10.8. The molecule has 0 saturated heterocycles. The van der Waals surface area contributed by atoms with Crippen molar-refractivity contribution in [2.45, 2.75) is 44.6 Å². The van der Waals surface area contributed by atoms with E-state index in [1.54, 1.807) is 0 Å². The average molecular weight is 185 g/mol. The highest BCUT2D eigenvalue weighted by Crippen LogP contribution is 2.28. The fourth-order valence-electron chi connectivity index (χ4n) is 1.90. The molecule has 0 aromatic carbocycles. The van der Waals surface area contributed by atoms with E-state index in [2.05, 4.69) is 17.0 Å².